The van der Waals surface area contributed by atoms with Crippen molar-refractivity contribution < 1.29 is 9.53 Å². The predicted molar refractivity (Wildman–Crippen MR) is 95.5 cm³/mol. The normalized spacial score (nSPS) is 10.4. The van der Waals surface area contributed by atoms with Gasteiger partial charge in [-0.1, -0.05) is 35.4 Å². The summed E-state index contributed by atoms with van der Waals surface area (Å²) < 4.78 is 5.73. The van der Waals surface area contributed by atoms with E-state index in [2.05, 4.69) is 18.3 Å². The number of carbonyl (C=O) groups is 1. The van der Waals surface area contributed by atoms with Gasteiger partial charge in [-0.05, 0) is 56.5 Å². The van der Waals surface area contributed by atoms with Gasteiger partial charge in [-0.3, -0.25) is 4.79 Å². The zero-order valence-electron chi connectivity index (χ0n) is 13.8. The van der Waals surface area contributed by atoms with E-state index in [1.54, 1.807) is 6.07 Å². The van der Waals surface area contributed by atoms with Gasteiger partial charge in [-0.25, -0.2) is 0 Å². The Morgan fingerprint density at radius 3 is 2.61 bits per heavy atom. The average molecular weight is 332 g/mol. The molecule has 0 unspecified atom stereocenters. The van der Waals surface area contributed by atoms with Crippen molar-refractivity contribution in [2.24, 2.45) is 0 Å². The first-order valence-corrected chi connectivity index (χ1v) is 8.09. The van der Waals surface area contributed by atoms with E-state index in [1.165, 1.54) is 5.56 Å². The van der Waals surface area contributed by atoms with Gasteiger partial charge < -0.3 is 10.1 Å². The van der Waals surface area contributed by atoms with Crippen LogP contribution in [-0.2, 0) is 4.79 Å². The lowest BCUT2D eigenvalue weighted by Gasteiger charge is -2.11. The Balaban J connectivity index is 1.77. The highest BCUT2D eigenvalue weighted by molar-refractivity contribution is 6.31. The van der Waals surface area contributed by atoms with Crippen molar-refractivity contribution in [2.45, 2.75) is 33.6 Å². The highest BCUT2D eigenvalue weighted by Crippen LogP contribution is 2.21. The van der Waals surface area contributed by atoms with E-state index >= 15 is 0 Å². The standard InChI is InChI=1S/C19H22ClNO2/c1-13-6-9-18(15(3)11-13)23-10-4-5-19(22)21-17-12-16(20)8-7-14(17)2/h6-9,11-12H,4-5,10H2,1-3H3,(H,21,22). The molecule has 23 heavy (non-hydrogen) atoms. The van der Waals surface area contributed by atoms with Gasteiger partial charge in [0.2, 0.25) is 5.91 Å². The Labute approximate surface area is 142 Å². The molecule has 0 atom stereocenters. The molecule has 1 N–H and O–H groups in total. The summed E-state index contributed by atoms with van der Waals surface area (Å²) in [5.41, 5.74) is 4.09. The third kappa shape index (κ3) is 5.29. The maximum absolute atomic E-state index is 12.0. The molecule has 1 amide bonds. The number of hydrogen-bond donors (Lipinski definition) is 1. The number of rotatable bonds is 6. The van der Waals surface area contributed by atoms with E-state index in [1.807, 2.05) is 38.1 Å². The average Bonchev–Trinajstić information content (AvgIpc) is 2.49. The molecule has 0 aliphatic carbocycles. The minimum atomic E-state index is -0.0282. The molecule has 0 saturated heterocycles. The van der Waals surface area contributed by atoms with Gasteiger partial charge >= 0.3 is 0 Å². The summed E-state index contributed by atoms with van der Waals surface area (Å²) in [6.45, 7) is 6.54. The Morgan fingerprint density at radius 2 is 1.87 bits per heavy atom. The van der Waals surface area contributed by atoms with Crippen LogP contribution in [-0.4, -0.2) is 12.5 Å². The molecule has 0 radical (unpaired) electrons. The fourth-order valence-corrected chi connectivity index (χ4v) is 2.49. The Bertz CT molecular complexity index is 698. The number of halogens is 1. The topological polar surface area (TPSA) is 38.3 Å². The van der Waals surface area contributed by atoms with E-state index in [9.17, 15) is 4.79 Å². The molecule has 3 nitrogen and oxygen atoms in total. The van der Waals surface area contributed by atoms with Gasteiger partial charge in [0.1, 0.15) is 5.75 Å². The van der Waals surface area contributed by atoms with Crippen LogP contribution in [0.2, 0.25) is 5.02 Å². The molecule has 0 bridgehead atoms. The highest BCUT2D eigenvalue weighted by Gasteiger charge is 2.06. The van der Waals surface area contributed by atoms with Crippen LogP contribution in [0.25, 0.3) is 0 Å². The molecule has 0 heterocycles. The van der Waals surface area contributed by atoms with Crippen molar-refractivity contribution in [3.05, 3.63) is 58.1 Å². The minimum Gasteiger partial charge on any atom is -0.493 e. The molecule has 0 aliphatic heterocycles. The van der Waals surface area contributed by atoms with Crippen LogP contribution in [0.15, 0.2) is 36.4 Å². The molecule has 122 valence electrons. The summed E-state index contributed by atoms with van der Waals surface area (Å²) in [6.07, 6.45) is 1.08. The second-order valence-corrected chi connectivity index (χ2v) is 6.16. The van der Waals surface area contributed by atoms with E-state index in [0.717, 1.165) is 22.6 Å². The van der Waals surface area contributed by atoms with Crippen LogP contribution < -0.4 is 10.1 Å². The molecule has 0 saturated carbocycles. The second kappa shape index (κ2) is 8.02. The largest absolute Gasteiger partial charge is 0.493 e. The van der Waals surface area contributed by atoms with E-state index in [-0.39, 0.29) is 5.91 Å². The third-order valence-corrected chi connectivity index (χ3v) is 3.84. The molecule has 0 fully saturated rings. The number of nitrogens with one attached hydrogen (secondary N) is 1. The number of aryl methyl sites for hydroxylation is 3. The first-order chi connectivity index (χ1) is 11.0. The van der Waals surface area contributed by atoms with E-state index in [0.29, 0.717) is 24.5 Å². The highest BCUT2D eigenvalue weighted by atomic mass is 35.5. The summed E-state index contributed by atoms with van der Waals surface area (Å²) in [4.78, 5) is 12.0. The van der Waals surface area contributed by atoms with E-state index in [4.69, 9.17) is 16.3 Å². The summed E-state index contributed by atoms with van der Waals surface area (Å²) in [6, 6.07) is 11.5. The molecule has 2 aromatic carbocycles. The summed E-state index contributed by atoms with van der Waals surface area (Å²) >= 11 is 5.95. The third-order valence-electron chi connectivity index (χ3n) is 3.61. The molecular weight excluding hydrogens is 310 g/mol. The molecule has 2 rings (SSSR count). The van der Waals surface area contributed by atoms with Gasteiger partial charge in [0.05, 0.1) is 6.61 Å². The summed E-state index contributed by atoms with van der Waals surface area (Å²) in [5, 5.41) is 3.50. The zero-order chi connectivity index (χ0) is 16.8. The fourth-order valence-electron chi connectivity index (χ4n) is 2.32. The summed E-state index contributed by atoms with van der Waals surface area (Å²) in [7, 11) is 0. The second-order valence-electron chi connectivity index (χ2n) is 5.73. The minimum absolute atomic E-state index is 0.0282. The van der Waals surface area contributed by atoms with Gasteiger partial charge in [-0.2, -0.15) is 0 Å². The molecule has 4 heteroatoms. The van der Waals surface area contributed by atoms with Crippen molar-refractivity contribution in [1.82, 2.24) is 0 Å². The predicted octanol–water partition coefficient (Wildman–Crippen LogP) is 5.06. The van der Waals surface area contributed by atoms with Gasteiger partial charge in [0, 0.05) is 17.1 Å². The maximum atomic E-state index is 12.0. The van der Waals surface area contributed by atoms with Gasteiger partial charge in [-0.15, -0.1) is 0 Å². The first-order valence-electron chi connectivity index (χ1n) is 7.72. The number of carbonyl (C=O) groups excluding carboxylic acids is 1. The molecule has 2 aromatic rings. The van der Waals surface area contributed by atoms with E-state index < -0.39 is 0 Å². The quantitative estimate of drug-likeness (QED) is 0.751. The van der Waals surface area contributed by atoms with Crippen LogP contribution in [0.1, 0.15) is 29.5 Å². The monoisotopic (exact) mass is 331 g/mol. The van der Waals surface area contributed by atoms with Crippen LogP contribution in [0.5, 0.6) is 5.75 Å². The SMILES string of the molecule is Cc1ccc(OCCCC(=O)Nc2cc(Cl)ccc2C)c(C)c1. The first kappa shape index (κ1) is 17.4. The zero-order valence-corrected chi connectivity index (χ0v) is 14.5. The van der Waals surface area contributed by atoms with Crippen molar-refractivity contribution in [2.75, 3.05) is 11.9 Å². The molecule has 0 aliphatic rings. The Morgan fingerprint density at radius 1 is 1.09 bits per heavy atom. The summed E-state index contributed by atoms with van der Waals surface area (Å²) in [5.74, 6) is 0.848. The fraction of sp³-hybridized carbons (Fsp3) is 0.316. The van der Waals surface area contributed by atoms with Crippen molar-refractivity contribution in [3.8, 4) is 5.75 Å². The number of amides is 1. The Kier molecular flexibility index (Phi) is 6.05. The van der Waals surface area contributed by atoms with Crippen LogP contribution in [0.3, 0.4) is 0 Å². The number of ether oxygens (including phenoxy) is 1. The van der Waals surface area contributed by atoms with Crippen molar-refractivity contribution >= 4 is 23.2 Å². The lowest BCUT2D eigenvalue weighted by molar-refractivity contribution is -0.116. The maximum Gasteiger partial charge on any atom is 0.224 e. The molecule has 0 aromatic heterocycles. The van der Waals surface area contributed by atoms with Crippen LogP contribution in [0.4, 0.5) is 5.69 Å². The number of anilines is 1. The number of benzene rings is 2. The number of hydrogen-bond acceptors (Lipinski definition) is 2. The van der Waals surface area contributed by atoms with Crippen LogP contribution in [0, 0.1) is 20.8 Å². The Hall–Kier alpha value is -2.00. The molecular formula is C19H22ClNO2. The van der Waals surface area contributed by atoms with Gasteiger partial charge in [0.15, 0.2) is 0 Å². The van der Waals surface area contributed by atoms with Crippen LogP contribution >= 0.6 is 11.6 Å². The van der Waals surface area contributed by atoms with Crippen molar-refractivity contribution in [3.63, 3.8) is 0 Å². The lowest BCUT2D eigenvalue weighted by atomic mass is 10.1. The van der Waals surface area contributed by atoms with Crippen molar-refractivity contribution in [1.29, 1.82) is 0 Å². The molecule has 0 spiro atoms. The lowest BCUT2D eigenvalue weighted by Crippen LogP contribution is -2.13. The van der Waals surface area contributed by atoms with Gasteiger partial charge in [0.25, 0.3) is 0 Å². The smallest absolute Gasteiger partial charge is 0.224 e.